The Morgan fingerprint density at radius 1 is 1.25 bits per heavy atom. The Morgan fingerprint density at radius 3 is 2.81 bits per heavy atom. The molecule has 3 aromatic heterocycles. The number of carbonyl (C=O) groups is 2. The molecule has 4 heterocycles. The maximum Gasteiger partial charge on any atom is 0.326 e. The molecule has 4 N–H and O–H groups in total. The van der Waals surface area contributed by atoms with Crippen molar-refractivity contribution in [1.82, 2.24) is 29.7 Å². The summed E-state index contributed by atoms with van der Waals surface area (Å²) in [5, 5.41) is 7.63. The maximum atomic E-state index is 13.2. The Balaban J connectivity index is 1.64. The summed E-state index contributed by atoms with van der Waals surface area (Å²) in [6, 6.07) is 7.56. The average Bonchev–Trinajstić information content (AvgIpc) is 3.42. The Labute approximate surface area is 183 Å². The standard InChI is InChI=1S/C23H23N7O2/c1-11(2)29-17-9-25-23(32)30-15-8-13(22(31)28-14-5-6-14)4-3-12(15)7-16(30)18(17)19-20(24)26-10-27-21(19)29/h3-4,7-8,10-11,14H,5-6,9H2,1-2H3,(H,25,32)(H,28,31)(H2,24,26,27). The third kappa shape index (κ3) is 2.63. The van der Waals surface area contributed by atoms with E-state index in [2.05, 4.69) is 39.0 Å². The van der Waals surface area contributed by atoms with Gasteiger partial charge in [-0.05, 0) is 44.9 Å². The summed E-state index contributed by atoms with van der Waals surface area (Å²) in [5.41, 5.74) is 10.8. The van der Waals surface area contributed by atoms with Crippen LogP contribution >= 0.6 is 0 Å². The van der Waals surface area contributed by atoms with Gasteiger partial charge in [0.15, 0.2) is 0 Å². The number of rotatable bonds is 3. The van der Waals surface area contributed by atoms with E-state index in [9.17, 15) is 9.59 Å². The Morgan fingerprint density at radius 2 is 2.06 bits per heavy atom. The number of amides is 2. The first-order valence-corrected chi connectivity index (χ1v) is 10.8. The molecule has 0 saturated heterocycles. The summed E-state index contributed by atoms with van der Waals surface area (Å²) < 4.78 is 3.73. The highest BCUT2D eigenvalue weighted by molar-refractivity contribution is 6.09. The fourth-order valence-corrected chi connectivity index (χ4v) is 4.69. The summed E-state index contributed by atoms with van der Waals surface area (Å²) in [5.74, 6) is 0.259. The summed E-state index contributed by atoms with van der Waals surface area (Å²) >= 11 is 0. The molecule has 9 nitrogen and oxygen atoms in total. The van der Waals surface area contributed by atoms with Gasteiger partial charge in [0.05, 0.1) is 23.1 Å². The first-order valence-electron chi connectivity index (χ1n) is 10.8. The van der Waals surface area contributed by atoms with E-state index in [1.807, 2.05) is 12.1 Å². The van der Waals surface area contributed by atoms with Crippen LogP contribution in [0, 0.1) is 0 Å². The number of anilines is 1. The van der Waals surface area contributed by atoms with Gasteiger partial charge in [-0.15, -0.1) is 0 Å². The molecular weight excluding hydrogens is 406 g/mol. The van der Waals surface area contributed by atoms with Crippen molar-refractivity contribution in [3.63, 3.8) is 0 Å². The predicted molar refractivity (Wildman–Crippen MR) is 121 cm³/mol. The maximum absolute atomic E-state index is 13.2. The number of benzene rings is 1. The molecule has 0 atom stereocenters. The van der Waals surface area contributed by atoms with Gasteiger partial charge in [-0.2, -0.15) is 0 Å². The van der Waals surface area contributed by atoms with Crippen LogP contribution < -0.4 is 16.4 Å². The fraction of sp³-hybridized carbons (Fsp3) is 0.304. The largest absolute Gasteiger partial charge is 0.383 e. The van der Waals surface area contributed by atoms with Crippen molar-refractivity contribution in [2.75, 3.05) is 5.73 Å². The number of fused-ring (bicyclic) bond motifs is 7. The number of nitrogen functional groups attached to an aromatic ring is 1. The van der Waals surface area contributed by atoms with Crippen molar-refractivity contribution < 1.29 is 9.59 Å². The van der Waals surface area contributed by atoms with Crippen molar-refractivity contribution in [3.8, 4) is 11.3 Å². The second-order valence-electron chi connectivity index (χ2n) is 8.79. The lowest BCUT2D eigenvalue weighted by molar-refractivity contribution is 0.0951. The van der Waals surface area contributed by atoms with Crippen molar-refractivity contribution in [1.29, 1.82) is 0 Å². The molecule has 6 rings (SSSR count). The minimum atomic E-state index is -0.246. The molecule has 4 aromatic rings. The minimum absolute atomic E-state index is 0.112. The molecule has 9 heteroatoms. The number of hydrogen-bond donors (Lipinski definition) is 3. The molecule has 1 aliphatic heterocycles. The van der Waals surface area contributed by atoms with Crippen molar-refractivity contribution in [2.24, 2.45) is 0 Å². The van der Waals surface area contributed by atoms with E-state index in [-0.39, 0.29) is 24.0 Å². The Bertz CT molecular complexity index is 1440. The highest BCUT2D eigenvalue weighted by atomic mass is 16.2. The molecule has 2 amide bonds. The van der Waals surface area contributed by atoms with Gasteiger partial charge in [0.25, 0.3) is 5.91 Å². The van der Waals surface area contributed by atoms with Crippen molar-refractivity contribution in [2.45, 2.75) is 45.3 Å². The van der Waals surface area contributed by atoms with Gasteiger partial charge < -0.3 is 20.9 Å². The molecule has 1 aromatic carbocycles. The second kappa shape index (κ2) is 6.56. The predicted octanol–water partition coefficient (Wildman–Crippen LogP) is 3.18. The SMILES string of the molecule is CC(C)n1c2c(c3c(N)ncnc31)-c1cc3ccc(C(=O)NC4CC4)cc3n1C(=O)NC2. The van der Waals surface area contributed by atoms with E-state index in [4.69, 9.17) is 5.73 Å². The van der Waals surface area contributed by atoms with E-state index in [0.29, 0.717) is 23.4 Å². The van der Waals surface area contributed by atoms with Gasteiger partial charge in [0.2, 0.25) is 0 Å². The van der Waals surface area contributed by atoms with Crippen LogP contribution in [0.5, 0.6) is 0 Å². The number of aromatic nitrogens is 4. The topological polar surface area (TPSA) is 120 Å². The number of nitrogens with two attached hydrogens (primary N) is 1. The van der Waals surface area contributed by atoms with Crippen molar-refractivity contribution >= 4 is 39.7 Å². The smallest absolute Gasteiger partial charge is 0.326 e. The first-order chi connectivity index (χ1) is 15.4. The van der Waals surface area contributed by atoms with Crippen LogP contribution in [0.2, 0.25) is 0 Å². The number of carbonyl (C=O) groups excluding carboxylic acids is 2. The van der Waals surface area contributed by atoms with E-state index in [1.165, 1.54) is 6.33 Å². The number of nitrogens with one attached hydrogen (secondary N) is 2. The highest BCUT2D eigenvalue weighted by Gasteiger charge is 2.31. The molecule has 32 heavy (non-hydrogen) atoms. The van der Waals surface area contributed by atoms with E-state index in [1.54, 1.807) is 16.7 Å². The lowest BCUT2D eigenvalue weighted by Crippen LogP contribution is -2.28. The van der Waals surface area contributed by atoms with Gasteiger partial charge in [0.1, 0.15) is 17.8 Å². The van der Waals surface area contributed by atoms with Crippen LogP contribution in [-0.2, 0) is 6.54 Å². The van der Waals surface area contributed by atoms with Crippen LogP contribution in [0.25, 0.3) is 33.2 Å². The molecule has 2 aliphatic rings. The molecule has 0 radical (unpaired) electrons. The molecule has 162 valence electrons. The van der Waals surface area contributed by atoms with Crippen LogP contribution in [0.3, 0.4) is 0 Å². The van der Waals surface area contributed by atoms with Crippen LogP contribution in [-0.4, -0.2) is 37.1 Å². The molecule has 0 bridgehead atoms. The fourth-order valence-electron chi connectivity index (χ4n) is 4.69. The van der Waals surface area contributed by atoms with Gasteiger partial charge >= 0.3 is 6.03 Å². The third-order valence-corrected chi connectivity index (χ3v) is 6.28. The molecule has 1 aliphatic carbocycles. The molecule has 1 fully saturated rings. The monoisotopic (exact) mass is 429 g/mol. The van der Waals surface area contributed by atoms with Gasteiger partial charge in [-0.1, -0.05) is 6.07 Å². The summed E-state index contributed by atoms with van der Waals surface area (Å²) in [4.78, 5) is 34.5. The normalized spacial score (nSPS) is 15.5. The lowest BCUT2D eigenvalue weighted by atomic mass is 10.1. The molecular formula is C23H23N7O2. The Kier molecular flexibility index (Phi) is 3.86. The quantitative estimate of drug-likeness (QED) is 0.462. The van der Waals surface area contributed by atoms with E-state index < -0.39 is 0 Å². The molecule has 0 spiro atoms. The summed E-state index contributed by atoms with van der Waals surface area (Å²) in [7, 11) is 0. The Hall–Kier alpha value is -3.88. The van der Waals surface area contributed by atoms with Gasteiger partial charge in [-0.3, -0.25) is 9.36 Å². The van der Waals surface area contributed by atoms with Crippen molar-refractivity contribution in [3.05, 3.63) is 41.9 Å². The molecule has 0 unspecified atom stereocenters. The number of hydrogen-bond acceptors (Lipinski definition) is 5. The minimum Gasteiger partial charge on any atom is -0.383 e. The third-order valence-electron chi connectivity index (χ3n) is 6.28. The zero-order chi connectivity index (χ0) is 22.1. The van der Waals surface area contributed by atoms with Crippen LogP contribution in [0.1, 0.15) is 48.8 Å². The first kappa shape index (κ1) is 18.9. The summed E-state index contributed by atoms with van der Waals surface area (Å²) in [6.07, 6.45) is 3.50. The lowest BCUT2D eigenvalue weighted by Gasteiger charge is -2.14. The molecule has 1 saturated carbocycles. The summed E-state index contributed by atoms with van der Waals surface area (Å²) in [6.45, 7) is 4.49. The van der Waals surface area contributed by atoms with Gasteiger partial charge in [-0.25, -0.2) is 14.8 Å². The van der Waals surface area contributed by atoms with E-state index >= 15 is 0 Å². The van der Waals surface area contributed by atoms with E-state index in [0.717, 1.165) is 46.2 Å². The number of nitrogens with zero attached hydrogens (tertiary/aromatic N) is 4. The van der Waals surface area contributed by atoms with Crippen LogP contribution in [0.4, 0.5) is 10.6 Å². The van der Waals surface area contributed by atoms with Gasteiger partial charge in [0, 0.05) is 34.3 Å². The van der Waals surface area contributed by atoms with Crippen LogP contribution in [0.15, 0.2) is 30.6 Å². The zero-order valence-electron chi connectivity index (χ0n) is 17.8. The zero-order valence-corrected chi connectivity index (χ0v) is 17.8. The highest BCUT2D eigenvalue weighted by Crippen LogP contribution is 2.41. The average molecular weight is 429 g/mol. The second-order valence-corrected chi connectivity index (χ2v) is 8.79.